The molecule has 0 bridgehead atoms. The minimum Gasteiger partial charge on any atom is -0.335 e. The van der Waals surface area contributed by atoms with Crippen LogP contribution in [0.15, 0.2) is 41.8 Å². The zero-order valence-electron chi connectivity index (χ0n) is 18.3. The van der Waals surface area contributed by atoms with Crippen molar-refractivity contribution in [3.63, 3.8) is 0 Å². The topological polar surface area (TPSA) is 73.0 Å². The lowest BCUT2D eigenvalue weighted by atomic mass is 9.96. The maximum Gasteiger partial charge on any atom is 0.332 e. The molecule has 1 aliphatic carbocycles. The second-order valence-electron chi connectivity index (χ2n) is 8.92. The number of anilines is 1. The maximum atomic E-state index is 14.0. The van der Waals surface area contributed by atoms with Gasteiger partial charge in [-0.05, 0) is 48.9 Å². The highest BCUT2D eigenvalue weighted by Gasteiger charge is 2.54. The number of carbonyl (C=O) groups is 3. The Kier molecular flexibility index (Phi) is 6.05. The summed E-state index contributed by atoms with van der Waals surface area (Å²) < 4.78 is 14.0. The summed E-state index contributed by atoms with van der Waals surface area (Å²) in [6.07, 6.45) is 5.78. The molecule has 5 rings (SSSR count). The average molecular weight is 471 g/mol. The number of thiophene rings is 1. The van der Waals surface area contributed by atoms with E-state index in [2.05, 4.69) is 5.32 Å². The molecule has 7 nitrogen and oxygen atoms in total. The molecule has 2 aromatic rings. The standard InChI is InChI=1S/C24H27FN4O3S/c25-16-6-4-9-18(14-16)29-22(30)21-20(28(24(29)32)15-19-10-5-13-33-19)11-12-27(21)23(31)26-17-7-2-1-3-8-17/h4-6,9-10,13-14,17,20-21H,1-3,7-8,11-12,15H2,(H,26,31)/t20-,21+/m1/s1. The number of halogens is 1. The molecule has 5 amide bonds. The summed E-state index contributed by atoms with van der Waals surface area (Å²) in [4.78, 5) is 45.6. The van der Waals surface area contributed by atoms with Gasteiger partial charge < -0.3 is 15.1 Å². The molecule has 33 heavy (non-hydrogen) atoms. The van der Waals surface area contributed by atoms with Crippen LogP contribution in [0.5, 0.6) is 0 Å². The number of likely N-dealkylation sites (tertiary alicyclic amines) is 1. The van der Waals surface area contributed by atoms with Crippen molar-refractivity contribution in [2.45, 2.75) is 63.2 Å². The average Bonchev–Trinajstić information content (AvgIpc) is 3.48. The number of benzene rings is 1. The van der Waals surface area contributed by atoms with Gasteiger partial charge in [0.05, 0.1) is 18.3 Å². The second kappa shape index (κ2) is 9.13. The molecule has 0 radical (unpaired) electrons. The first kappa shape index (κ1) is 21.9. The normalized spacial score (nSPS) is 23.7. The highest BCUT2D eigenvalue weighted by atomic mass is 32.1. The minimum atomic E-state index is -0.797. The maximum absolute atomic E-state index is 14.0. The van der Waals surface area contributed by atoms with E-state index in [1.54, 1.807) is 15.9 Å². The fourth-order valence-corrected chi connectivity index (χ4v) is 5.94. The second-order valence-corrected chi connectivity index (χ2v) is 9.95. The highest BCUT2D eigenvalue weighted by Crippen LogP contribution is 2.35. The molecule has 9 heteroatoms. The van der Waals surface area contributed by atoms with Gasteiger partial charge >= 0.3 is 12.1 Å². The highest BCUT2D eigenvalue weighted by molar-refractivity contribution is 7.09. The van der Waals surface area contributed by atoms with Gasteiger partial charge in [-0.2, -0.15) is 0 Å². The first-order valence-corrected chi connectivity index (χ1v) is 12.4. The number of hydrogen-bond acceptors (Lipinski definition) is 4. The molecule has 2 aliphatic heterocycles. The van der Waals surface area contributed by atoms with Crippen molar-refractivity contribution >= 4 is 35.0 Å². The van der Waals surface area contributed by atoms with E-state index in [0.717, 1.165) is 35.5 Å². The molecule has 3 aliphatic rings. The Morgan fingerprint density at radius 1 is 1.09 bits per heavy atom. The van der Waals surface area contributed by atoms with E-state index < -0.39 is 29.8 Å². The molecule has 1 aromatic heterocycles. The largest absolute Gasteiger partial charge is 0.335 e. The Balaban J connectivity index is 1.45. The first-order chi connectivity index (χ1) is 16.0. The summed E-state index contributed by atoms with van der Waals surface area (Å²) in [7, 11) is 0. The van der Waals surface area contributed by atoms with Crippen molar-refractivity contribution in [1.29, 1.82) is 0 Å². The van der Waals surface area contributed by atoms with Crippen LogP contribution in [0.1, 0.15) is 43.4 Å². The summed E-state index contributed by atoms with van der Waals surface area (Å²) in [5.41, 5.74) is 0.180. The zero-order chi connectivity index (χ0) is 22.9. The van der Waals surface area contributed by atoms with Crippen molar-refractivity contribution in [3.8, 4) is 0 Å². The van der Waals surface area contributed by atoms with Gasteiger partial charge in [0, 0.05) is 17.5 Å². The van der Waals surface area contributed by atoms with Crippen molar-refractivity contribution in [1.82, 2.24) is 15.1 Å². The summed E-state index contributed by atoms with van der Waals surface area (Å²) in [6, 6.07) is 7.51. The predicted octanol–water partition coefficient (Wildman–Crippen LogP) is 4.34. The number of urea groups is 2. The molecular formula is C24H27FN4O3S. The first-order valence-electron chi connectivity index (χ1n) is 11.5. The number of nitrogens with zero attached hydrogens (tertiary/aromatic N) is 3. The zero-order valence-corrected chi connectivity index (χ0v) is 19.1. The lowest BCUT2D eigenvalue weighted by Crippen LogP contribution is -2.66. The van der Waals surface area contributed by atoms with Crippen molar-refractivity contribution in [2.24, 2.45) is 0 Å². The SMILES string of the molecule is O=C1[C@@H]2[C@@H](CCN2C(=O)NC2CCCCC2)N(Cc2cccs2)C(=O)N1c1cccc(F)c1. The molecule has 1 N–H and O–H groups in total. The molecule has 2 atom stereocenters. The Bertz CT molecular complexity index is 1040. The molecule has 0 spiro atoms. The quantitative estimate of drug-likeness (QED) is 0.723. The van der Waals surface area contributed by atoms with Gasteiger partial charge in [-0.1, -0.05) is 31.4 Å². The number of nitrogens with one attached hydrogen (secondary N) is 1. The van der Waals surface area contributed by atoms with E-state index in [1.807, 2.05) is 17.5 Å². The molecule has 0 unspecified atom stereocenters. The van der Waals surface area contributed by atoms with Crippen LogP contribution in [0.2, 0.25) is 0 Å². The third-order valence-corrected chi connectivity index (χ3v) is 7.70. The van der Waals surface area contributed by atoms with E-state index in [1.165, 1.54) is 36.0 Å². The summed E-state index contributed by atoms with van der Waals surface area (Å²) in [5.74, 6) is -1.01. The minimum absolute atomic E-state index is 0.118. The van der Waals surface area contributed by atoms with E-state index in [-0.39, 0.29) is 17.8 Å². The number of rotatable bonds is 4. The van der Waals surface area contributed by atoms with E-state index in [4.69, 9.17) is 0 Å². The van der Waals surface area contributed by atoms with Crippen molar-refractivity contribution in [3.05, 3.63) is 52.5 Å². The smallest absolute Gasteiger partial charge is 0.332 e. The predicted molar refractivity (Wildman–Crippen MR) is 123 cm³/mol. The van der Waals surface area contributed by atoms with E-state index in [9.17, 15) is 18.8 Å². The van der Waals surface area contributed by atoms with Crippen LogP contribution in [0.4, 0.5) is 19.7 Å². The van der Waals surface area contributed by atoms with Gasteiger partial charge in [0.25, 0.3) is 5.91 Å². The number of fused-ring (bicyclic) bond motifs is 1. The van der Waals surface area contributed by atoms with Crippen LogP contribution in [0.3, 0.4) is 0 Å². The van der Waals surface area contributed by atoms with Gasteiger partial charge in [-0.3, -0.25) is 4.79 Å². The fourth-order valence-electron chi connectivity index (χ4n) is 5.24. The Morgan fingerprint density at radius 3 is 2.64 bits per heavy atom. The molecule has 1 aromatic carbocycles. The van der Waals surface area contributed by atoms with Gasteiger partial charge in [-0.25, -0.2) is 18.9 Å². The third kappa shape index (κ3) is 4.21. The third-order valence-electron chi connectivity index (χ3n) is 6.84. The molecule has 1 saturated carbocycles. The molecule has 174 valence electrons. The molecule has 3 fully saturated rings. The van der Waals surface area contributed by atoms with Gasteiger partial charge in [0.1, 0.15) is 11.9 Å². The van der Waals surface area contributed by atoms with Crippen LogP contribution in [-0.2, 0) is 11.3 Å². The lowest BCUT2D eigenvalue weighted by Gasteiger charge is -2.43. The Labute approximate surface area is 196 Å². The van der Waals surface area contributed by atoms with E-state index >= 15 is 0 Å². The van der Waals surface area contributed by atoms with Crippen LogP contribution in [0.25, 0.3) is 0 Å². The van der Waals surface area contributed by atoms with Gasteiger partial charge in [0.15, 0.2) is 0 Å². The van der Waals surface area contributed by atoms with Crippen LogP contribution >= 0.6 is 11.3 Å². The van der Waals surface area contributed by atoms with Crippen LogP contribution in [0, 0.1) is 5.82 Å². The van der Waals surface area contributed by atoms with Gasteiger partial charge in [0.2, 0.25) is 0 Å². The van der Waals surface area contributed by atoms with Gasteiger partial charge in [-0.15, -0.1) is 11.3 Å². The Morgan fingerprint density at radius 2 is 1.91 bits per heavy atom. The number of amides is 5. The van der Waals surface area contributed by atoms with E-state index in [0.29, 0.717) is 19.5 Å². The van der Waals surface area contributed by atoms with Crippen molar-refractivity contribution in [2.75, 3.05) is 11.4 Å². The fraction of sp³-hybridized carbons (Fsp3) is 0.458. The summed E-state index contributed by atoms with van der Waals surface area (Å²) >= 11 is 1.53. The Hall–Kier alpha value is -2.94. The van der Waals surface area contributed by atoms with Crippen LogP contribution in [-0.4, -0.2) is 52.4 Å². The lowest BCUT2D eigenvalue weighted by molar-refractivity contribution is -0.124. The summed E-state index contributed by atoms with van der Waals surface area (Å²) in [6.45, 7) is 0.736. The number of imide groups is 1. The molecule has 3 heterocycles. The number of hydrogen-bond donors (Lipinski definition) is 1. The monoisotopic (exact) mass is 470 g/mol. The molecule has 2 saturated heterocycles. The summed E-state index contributed by atoms with van der Waals surface area (Å²) in [5, 5.41) is 5.04. The van der Waals surface area contributed by atoms with Crippen LogP contribution < -0.4 is 10.2 Å². The molecular weight excluding hydrogens is 443 g/mol. The van der Waals surface area contributed by atoms with Crippen molar-refractivity contribution < 1.29 is 18.8 Å². The number of carbonyl (C=O) groups excluding carboxylic acids is 3.